The van der Waals surface area contributed by atoms with Crippen LogP contribution in [0, 0.1) is 0 Å². The first-order valence-electron chi connectivity index (χ1n) is 5.73. The summed E-state index contributed by atoms with van der Waals surface area (Å²) >= 11 is 0. The van der Waals surface area contributed by atoms with E-state index >= 15 is 0 Å². The number of benzene rings is 1. The van der Waals surface area contributed by atoms with E-state index in [2.05, 4.69) is 0 Å². The average Bonchev–Trinajstić information content (AvgIpc) is 2.71. The Morgan fingerprint density at radius 2 is 2.41 bits per heavy atom. The summed E-state index contributed by atoms with van der Waals surface area (Å²) in [4.78, 5) is 11.7. The van der Waals surface area contributed by atoms with E-state index in [0.29, 0.717) is 18.7 Å². The molecule has 1 atom stereocenters. The Kier molecular flexibility index (Phi) is 3.50. The molecule has 1 aliphatic heterocycles. The quantitative estimate of drug-likeness (QED) is 0.613. The summed E-state index contributed by atoms with van der Waals surface area (Å²) in [6.45, 7) is 4.30. The molecule has 1 aromatic rings. The largest absolute Gasteiger partial charge is 0.492 e. The molecular weight excluding hydrogens is 219 g/mol. The highest BCUT2D eigenvalue weighted by atomic mass is 16.5. The van der Waals surface area contributed by atoms with Crippen LogP contribution in [-0.2, 0) is 20.8 Å². The van der Waals surface area contributed by atoms with E-state index in [0.717, 1.165) is 11.1 Å². The molecule has 17 heavy (non-hydrogen) atoms. The van der Waals surface area contributed by atoms with Crippen LogP contribution in [-0.4, -0.2) is 24.7 Å². The zero-order valence-corrected chi connectivity index (χ0v) is 9.97. The number of esters is 1. The summed E-state index contributed by atoms with van der Waals surface area (Å²) in [7, 11) is -0.932. The van der Waals surface area contributed by atoms with Crippen LogP contribution in [0.4, 0.5) is 0 Å². The van der Waals surface area contributed by atoms with Crippen LogP contribution in [0.2, 0.25) is 0 Å². The predicted molar refractivity (Wildman–Crippen MR) is 63.9 cm³/mol. The lowest BCUT2D eigenvalue weighted by Crippen LogP contribution is -2.33. The maximum atomic E-state index is 11.7. The minimum atomic E-state index is -0.932. The number of ether oxygens (including phenoxy) is 1. The Morgan fingerprint density at radius 1 is 1.65 bits per heavy atom. The van der Waals surface area contributed by atoms with Gasteiger partial charge in [0.25, 0.3) is 0 Å². The van der Waals surface area contributed by atoms with Crippen LogP contribution in [0.3, 0.4) is 0 Å². The van der Waals surface area contributed by atoms with Gasteiger partial charge in [-0.05, 0) is 30.4 Å². The molecule has 2 rings (SSSR count). The van der Waals surface area contributed by atoms with Gasteiger partial charge in [-0.2, -0.15) is 0 Å². The molecule has 1 heterocycles. The fourth-order valence-electron chi connectivity index (χ4n) is 2.08. The van der Waals surface area contributed by atoms with Crippen molar-refractivity contribution in [2.75, 3.05) is 6.61 Å². The van der Waals surface area contributed by atoms with E-state index in [1.807, 2.05) is 18.2 Å². The van der Waals surface area contributed by atoms with Crippen LogP contribution in [0.5, 0.6) is 0 Å². The van der Waals surface area contributed by atoms with E-state index < -0.39 is 7.12 Å². The minimum absolute atomic E-state index is 0.278. The fourth-order valence-corrected chi connectivity index (χ4v) is 2.08. The van der Waals surface area contributed by atoms with Crippen LogP contribution in [0.1, 0.15) is 30.9 Å². The first kappa shape index (κ1) is 12.1. The minimum Gasteiger partial charge on any atom is -0.466 e. The van der Waals surface area contributed by atoms with Crippen LogP contribution >= 0.6 is 0 Å². The van der Waals surface area contributed by atoms with Gasteiger partial charge >= 0.3 is 13.1 Å². The van der Waals surface area contributed by atoms with Crippen molar-refractivity contribution >= 4 is 18.6 Å². The SMILES string of the molecule is CCOC(=O)C(C)c1cccc2c1B(O)OC2. The monoisotopic (exact) mass is 234 g/mol. The Morgan fingerprint density at radius 3 is 3.12 bits per heavy atom. The second-order valence-corrected chi connectivity index (χ2v) is 4.06. The third-order valence-electron chi connectivity index (χ3n) is 2.98. The fraction of sp³-hybridized carbons (Fsp3) is 0.417. The van der Waals surface area contributed by atoms with E-state index in [9.17, 15) is 9.82 Å². The van der Waals surface area contributed by atoms with E-state index in [-0.39, 0.29) is 11.9 Å². The highest BCUT2D eigenvalue weighted by molar-refractivity contribution is 6.62. The first-order chi connectivity index (χ1) is 8.15. The van der Waals surface area contributed by atoms with E-state index in [1.54, 1.807) is 13.8 Å². The molecule has 90 valence electrons. The molecule has 1 aromatic carbocycles. The zero-order chi connectivity index (χ0) is 12.4. The van der Waals surface area contributed by atoms with Gasteiger partial charge in [0.15, 0.2) is 0 Å². The summed E-state index contributed by atoms with van der Waals surface area (Å²) in [6.07, 6.45) is 0. The highest BCUT2D eigenvalue weighted by Gasteiger charge is 2.33. The number of carbonyl (C=O) groups is 1. The van der Waals surface area contributed by atoms with Crippen molar-refractivity contribution in [2.45, 2.75) is 26.4 Å². The van der Waals surface area contributed by atoms with Gasteiger partial charge in [0.2, 0.25) is 0 Å². The summed E-state index contributed by atoms with van der Waals surface area (Å²) in [5, 5.41) is 9.75. The highest BCUT2D eigenvalue weighted by Crippen LogP contribution is 2.20. The average molecular weight is 234 g/mol. The number of hydrogen-bond donors (Lipinski definition) is 1. The molecule has 0 saturated heterocycles. The smallest absolute Gasteiger partial charge is 0.466 e. The Balaban J connectivity index is 2.33. The van der Waals surface area contributed by atoms with Gasteiger partial charge in [0, 0.05) is 0 Å². The van der Waals surface area contributed by atoms with Crippen LogP contribution in [0.15, 0.2) is 18.2 Å². The van der Waals surface area contributed by atoms with E-state index in [1.165, 1.54) is 0 Å². The third kappa shape index (κ3) is 2.21. The van der Waals surface area contributed by atoms with Crippen LogP contribution in [0.25, 0.3) is 0 Å². The number of hydrogen-bond acceptors (Lipinski definition) is 4. The first-order valence-corrected chi connectivity index (χ1v) is 5.73. The maximum Gasteiger partial charge on any atom is 0.492 e. The van der Waals surface area contributed by atoms with Crippen molar-refractivity contribution in [2.24, 2.45) is 0 Å². The number of fused-ring (bicyclic) bond motifs is 1. The van der Waals surface area contributed by atoms with Crippen molar-refractivity contribution in [3.8, 4) is 0 Å². The molecule has 1 aliphatic rings. The summed E-state index contributed by atoms with van der Waals surface area (Å²) in [5.74, 6) is -0.666. The van der Waals surface area contributed by atoms with Gasteiger partial charge in [0.1, 0.15) is 0 Å². The molecule has 4 nitrogen and oxygen atoms in total. The topological polar surface area (TPSA) is 55.8 Å². The molecule has 0 saturated carbocycles. The summed E-state index contributed by atoms with van der Waals surface area (Å²) in [6, 6.07) is 5.59. The zero-order valence-electron chi connectivity index (χ0n) is 9.97. The van der Waals surface area contributed by atoms with Crippen molar-refractivity contribution < 1.29 is 19.2 Å². The van der Waals surface area contributed by atoms with Crippen molar-refractivity contribution in [3.05, 3.63) is 29.3 Å². The summed E-state index contributed by atoms with van der Waals surface area (Å²) in [5.41, 5.74) is 2.44. The molecular formula is C12H15BO4. The molecule has 0 fully saturated rings. The molecule has 5 heteroatoms. The third-order valence-corrected chi connectivity index (χ3v) is 2.98. The number of rotatable bonds is 3. The molecule has 0 aliphatic carbocycles. The van der Waals surface area contributed by atoms with Crippen LogP contribution < -0.4 is 5.46 Å². The van der Waals surface area contributed by atoms with Gasteiger partial charge in [-0.1, -0.05) is 18.2 Å². The Hall–Kier alpha value is -1.33. The molecule has 0 radical (unpaired) electrons. The van der Waals surface area contributed by atoms with Gasteiger partial charge in [-0.3, -0.25) is 4.79 Å². The molecule has 0 spiro atoms. The Bertz CT molecular complexity index is 433. The van der Waals surface area contributed by atoms with Crippen molar-refractivity contribution in [3.63, 3.8) is 0 Å². The molecule has 1 N–H and O–H groups in total. The normalized spacial score (nSPS) is 15.6. The molecule has 0 amide bonds. The van der Waals surface area contributed by atoms with E-state index in [4.69, 9.17) is 9.39 Å². The molecule has 0 bridgehead atoms. The predicted octanol–water partition coefficient (Wildman–Crippen LogP) is 0.571. The van der Waals surface area contributed by atoms with Gasteiger partial charge in [-0.15, -0.1) is 0 Å². The van der Waals surface area contributed by atoms with Gasteiger partial charge < -0.3 is 14.4 Å². The van der Waals surface area contributed by atoms with Crippen molar-refractivity contribution in [1.29, 1.82) is 0 Å². The Labute approximate surface area is 101 Å². The molecule has 1 unspecified atom stereocenters. The summed E-state index contributed by atoms with van der Waals surface area (Å²) < 4.78 is 10.1. The maximum absolute atomic E-state index is 11.7. The lowest BCUT2D eigenvalue weighted by molar-refractivity contribution is -0.144. The number of carbonyl (C=O) groups excluding carboxylic acids is 1. The lowest BCUT2D eigenvalue weighted by Gasteiger charge is -2.14. The molecule has 0 aromatic heterocycles. The standard InChI is InChI=1S/C12H15BO4/c1-3-16-12(14)8(2)10-6-4-5-9-7-17-13(15)11(9)10/h4-6,8,15H,3,7H2,1-2H3. The second kappa shape index (κ2) is 4.90. The van der Waals surface area contributed by atoms with Gasteiger partial charge in [0.05, 0.1) is 19.1 Å². The second-order valence-electron chi connectivity index (χ2n) is 4.06. The lowest BCUT2D eigenvalue weighted by atomic mass is 9.73. The van der Waals surface area contributed by atoms with Gasteiger partial charge in [-0.25, -0.2) is 0 Å². The van der Waals surface area contributed by atoms with Crippen molar-refractivity contribution in [1.82, 2.24) is 0 Å².